The summed E-state index contributed by atoms with van der Waals surface area (Å²) in [6, 6.07) is 5.32. The third-order valence-electron chi connectivity index (χ3n) is 3.68. The fraction of sp³-hybridized carbons (Fsp3) is 0.312. The normalized spacial score (nSPS) is 15.4. The molecular formula is C16H15Cl2N4. The van der Waals surface area contributed by atoms with E-state index in [0.717, 1.165) is 24.5 Å². The second kappa shape index (κ2) is 6.63. The van der Waals surface area contributed by atoms with Crippen molar-refractivity contribution in [1.82, 2.24) is 14.9 Å². The molecule has 0 spiro atoms. The van der Waals surface area contributed by atoms with Crippen LogP contribution in [0.4, 0.5) is 5.69 Å². The summed E-state index contributed by atoms with van der Waals surface area (Å²) in [6.07, 6.45) is 6.69. The molecule has 2 aromatic rings. The number of likely N-dealkylation sites (tertiary alicyclic amines) is 1. The van der Waals surface area contributed by atoms with E-state index in [9.17, 15) is 0 Å². The van der Waals surface area contributed by atoms with Crippen LogP contribution in [-0.4, -0.2) is 33.8 Å². The van der Waals surface area contributed by atoms with E-state index in [2.05, 4.69) is 26.2 Å². The average molecular weight is 334 g/mol. The lowest BCUT2D eigenvalue weighted by Crippen LogP contribution is -2.24. The molecule has 0 amide bonds. The number of aliphatic imine (C=N–C) groups is 1. The topological polar surface area (TPSA) is 41.4 Å². The maximum atomic E-state index is 6.28. The van der Waals surface area contributed by atoms with Crippen LogP contribution in [0.1, 0.15) is 19.8 Å². The van der Waals surface area contributed by atoms with Gasteiger partial charge in [-0.3, -0.25) is 0 Å². The fourth-order valence-electron chi connectivity index (χ4n) is 2.53. The summed E-state index contributed by atoms with van der Waals surface area (Å²) in [5, 5.41) is 1.12. The predicted octanol–water partition coefficient (Wildman–Crippen LogP) is 4.40. The van der Waals surface area contributed by atoms with Gasteiger partial charge in [-0.2, -0.15) is 0 Å². The lowest BCUT2D eigenvalue weighted by Gasteiger charge is -2.17. The van der Waals surface area contributed by atoms with Crippen molar-refractivity contribution in [3.8, 4) is 11.3 Å². The van der Waals surface area contributed by atoms with Gasteiger partial charge < -0.3 is 4.90 Å². The van der Waals surface area contributed by atoms with Crippen LogP contribution in [0.5, 0.6) is 0 Å². The number of benzene rings is 1. The van der Waals surface area contributed by atoms with Gasteiger partial charge in [-0.05, 0) is 38.0 Å². The van der Waals surface area contributed by atoms with Crippen molar-refractivity contribution < 1.29 is 0 Å². The van der Waals surface area contributed by atoms with Gasteiger partial charge in [0.25, 0.3) is 0 Å². The van der Waals surface area contributed by atoms with Crippen LogP contribution in [0, 0.1) is 6.33 Å². The van der Waals surface area contributed by atoms with E-state index in [1.807, 2.05) is 13.0 Å². The summed E-state index contributed by atoms with van der Waals surface area (Å²) in [5.74, 6) is 0.971. The Bertz CT molecular complexity index is 709. The van der Waals surface area contributed by atoms with Gasteiger partial charge in [0.1, 0.15) is 17.2 Å². The highest BCUT2D eigenvalue weighted by Crippen LogP contribution is 2.34. The first-order valence-electron chi connectivity index (χ1n) is 7.14. The zero-order valence-electron chi connectivity index (χ0n) is 12.2. The first-order chi connectivity index (χ1) is 10.6. The Labute approximate surface area is 139 Å². The van der Waals surface area contributed by atoms with Gasteiger partial charge in [-0.15, -0.1) is 0 Å². The SMILES string of the molecule is C/C(=N/c1cn[c]nc1-c1ccc(Cl)cc1Cl)N1CCCC1. The smallest absolute Gasteiger partial charge is 0.198 e. The molecule has 1 aliphatic rings. The summed E-state index contributed by atoms with van der Waals surface area (Å²) in [7, 11) is 0. The number of hydrogen-bond acceptors (Lipinski definition) is 3. The summed E-state index contributed by atoms with van der Waals surface area (Å²) in [6.45, 7) is 4.10. The molecule has 113 valence electrons. The van der Waals surface area contributed by atoms with Gasteiger partial charge >= 0.3 is 0 Å². The molecule has 0 saturated carbocycles. The van der Waals surface area contributed by atoms with Gasteiger partial charge in [0.15, 0.2) is 6.33 Å². The van der Waals surface area contributed by atoms with E-state index < -0.39 is 0 Å². The van der Waals surface area contributed by atoms with Crippen LogP contribution in [0.3, 0.4) is 0 Å². The summed E-state index contributed by atoms with van der Waals surface area (Å²) < 4.78 is 0. The average Bonchev–Trinajstić information content (AvgIpc) is 3.03. The molecule has 1 radical (unpaired) electrons. The zero-order chi connectivity index (χ0) is 15.5. The molecule has 0 aliphatic carbocycles. The van der Waals surface area contributed by atoms with Crippen LogP contribution >= 0.6 is 23.2 Å². The Morgan fingerprint density at radius 1 is 1.27 bits per heavy atom. The van der Waals surface area contributed by atoms with Gasteiger partial charge in [0.2, 0.25) is 0 Å². The largest absolute Gasteiger partial charge is 0.360 e. The monoisotopic (exact) mass is 333 g/mol. The minimum absolute atomic E-state index is 0.537. The molecule has 1 aliphatic heterocycles. The van der Waals surface area contributed by atoms with Gasteiger partial charge in [-0.1, -0.05) is 23.2 Å². The molecule has 0 atom stereocenters. The number of hydrogen-bond donors (Lipinski definition) is 0. The van der Waals surface area contributed by atoms with Crippen molar-refractivity contribution in [3.63, 3.8) is 0 Å². The number of halogens is 2. The standard InChI is InChI=1S/C16H15Cl2N4/c1-11(22-6-2-3-7-22)21-15-9-19-10-20-16(15)13-5-4-12(17)8-14(13)18/h4-5,8-9H,2-3,6-7H2,1H3/b21-11-. The Kier molecular flexibility index (Phi) is 4.60. The lowest BCUT2D eigenvalue weighted by atomic mass is 10.1. The number of rotatable bonds is 2. The van der Waals surface area contributed by atoms with E-state index in [-0.39, 0.29) is 0 Å². The first kappa shape index (κ1) is 15.3. The Balaban J connectivity index is 2.01. The molecule has 22 heavy (non-hydrogen) atoms. The van der Waals surface area contributed by atoms with Crippen LogP contribution in [0.2, 0.25) is 10.0 Å². The van der Waals surface area contributed by atoms with Crippen LogP contribution < -0.4 is 0 Å². The molecule has 1 saturated heterocycles. The van der Waals surface area contributed by atoms with E-state index >= 15 is 0 Å². The minimum atomic E-state index is 0.537. The van der Waals surface area contributed by atoms with Crippen molar-refractivity contribution in [2.24, 2.45) is 4.99 Å². The summed E-state index contributed by atoms with van der Waals surface area (Å²) >= 11 is 12.2. The predicted molar refractivity (Wildman–Crippen MR) is 89.9 cm³/mol. The Morgan fingerprint density at radius 2 is 2.05 bits per heavy atom. The van der Waals surface area contributed by atoms with Crippen molar-refractivity contribution in [1.29, 1.82) is 0 Å². The maximum absolute atomic E-state index is 6.28. The van der Waals surface area contributed by atoms with Crippen LogP contribution in [0.15, 0.2) is 29.4 Å². The van der Waals surface area contributed by atoms with E-state index in [1.165, 1.54) is 12.8 Å². The zero-order valence-corrected chi connectivity index (χ0v) is 13.7. The minimum Gasteiger partial charge on any atom is -0.360 e. The molecular weight excluding hydrogens is 319 g/mol. The third-order valence-corrected chi connectivity index (χ3v) is 4.23. The number of aromatic nitrogens is 2. The van der Waals surface area contributed by atoms with Crippen LogP contribution in [0.25, 0.3) is 11.3 Å². The maximum Gasteiger partial charge on any atom is 0.198 e. The molecule has 0 N–H and O–H groups in total. The molecule has 1 fully saturated rings. The summed E-state index contributed by atoms with van der Waals surface area (Å²) in [4.78, 5) is 15.2. The second-order valence-corrected chi connectivity index (χ2v) is 6.02. The van der Waals surface area contributed by atoms with E-state index in [0.29, 0.717) is 21.4 Å². The molecule has 1 aromatic heterocycles. The summed E-state index contributed by atoms with van der Waals surface area (Å²) in [5.41, 5.74) is 2.13. The molecule has 0 unspecified atom stereocenters. The number of nitrogens with zero attached hydrogens (tertiary/aromatic N) is 4. The van der Waals surface area contributed by atoms with Gasteiger partial charge in [0.05, 0.1) is 11.2 Å². The highest BCUT2D eigenvalue weighted by molar-refractivity contribution is 6.36. The van der Waals surface area contributed by atoms with Crippen molar-refractivity contribution in [3.05, 3.63) is 40.8 Å². The molecule has 6 heteroatoms. The molecule has 1 aromatic carbocycles. The molecule has 0 bridgehead atoms. The van der Waals surface area contributed by atoms with E-state index in [4.69, 9.17) is 23.2 Å². The van der Waals surface area contributed by atoms with Crippen molar-refractivity contribution >= 4 is 34.7 Å². The molecule has 3 rings (SSSR count). The Morgan fingerprint density at radius 3 is 2.77 bits per heavy atom. The van der Waals surface area contributed by atoms with Crippen molar-refractivity contribution in [2.45, 2.75) is 19.8 Å². The van der Waals surface area contributed by atoms with Gasteiger partial charge in [-0.25, -0.2) is 15.0 Å². The lowest BCUT2D eigenvalue weighted by molar-refractivity contribution is 0.516. The molecule has 2 heterocycles. The highest BCUT2D eigenvalue weighted by atomic mass is 35.5. The fourth-order valence-corrected chi connectivity index (χ4v) is 3.03. The second-order valence-electron chi connectivity index (χ2n) is 5.18. The molecule has 4 nitrogen and oxygen atoms in total. The number of amidine groups is 1. The van der Waals surface area contributed by atoms with Crippen molar-refractivity contribution in [2.75, 3.05) is 13.1 Å². The highest BCUT2D eigenvalue weighted by Gasteiger charge is 2.15. The first-order valence-corrected chi connectivity index (χ1v) is 7.89. The quantitative estimate of drug-likeness (QED) is 0.604. The Hall–Kier alpha value is -1.65. The van der Waals surface area contributed by atoms with E-state index in [1.54, 1.807) is 18.3 Å². The van der Waals surface area contributed by atoms with Gasteiger partial charge in [0, 0.05) is 23.7 Å². The third kappa shape index (κ3) is 3.23. The van der Waals surface area contributed by atoms with Crippen LogP contribution in [-0.2, 0) is 0 Å².